The highest BCUT2D eigenvalue weighted by molar-refractivity contribution is 5.89. The van der Waals surface area contributed by atoms with Gasteiger partial charge in [0.2, 0.25) is 11.8 Å². The number of carbonyl (C=O) groups excluding carboxylic acids is 3. The number of esters is 1. The summed E-state index contributed by atoms with van der Waals surface area (Å²) in [6.45, 7) is 0.0997. The first-order valence-electron chi connectivity index (χ1n) is 17.1. The third-order valence-corrected chi connectivity index (χ3v) is 9.94. The molecule has 8 heteroatoms. The Balaban J connectivity index is 1.19. The van der Waals surface area contributed by atoms with Gasteiger partial charge in [-0.1, -0.05) is 97.1 Å². The maximum atomic E-state index is 14.0. The number of nitrogens with zero attached hydrogens (tertiary/aromatic N) is 1. The van der Waals surface area contributed by atoms with Crippen LogP contribution in [0.3, 0.4) is 0 Å². The number of β-amino-alcohol motifs (C(OH)–C–C–N with tert-alkyl or cyclic N) is 1. The monoisotopic (exact) mass is 660 g/mol. The van der Waals surface area contributed by atoms with Crippen LogP contribution in [0.25, 0.3) is 0 Å². The molecule has 1 aliphatic heterocycles. The zero-order valence-electron chi connectivity index (χ0n) is 27.8. The zero-order valence-corrected chi connectivity index (χ0v) is 27.8. The molecule has 1 heterocycles. The molecular weight excluding hydrogens is 616 g/mol. The van der Waals surface area contributed by atoms with Gasteiger partial charge < -0.3 is 25.2 Å². The lowest BCUT2D eigenvalue weighted by atomic mass is 9.91. The zero-order chi connectivity index (χ0) is 34.3. The summed E-state index contributed by atoms with van der Waals surface area (Å²) in [6, 6.07) is 34.0. The average Bonchev–Trinajstić information content (AvgIpc) is 3.58. The van der Waals surface area contributed by atoms with E-state index in [1.807, 2.05) is 91.0 Å². The van der Waals surface area contributed by atoms with Crippen molar-refractivity contribution in [2.75, 3.05) is 13.7 Å². The minimum absolute atomic E-state index is 0.0433. The Hall–Kier alpha value is -4.79. The molecule has 2 amide bonds. The van der Waals surface area contributed by atoms with Gasteiger partial charge in [-0.2, -0.15) is 0 Å². The predicted molar refractivity (Wildman–Crippen MR) is 187 cm³/mol. The fourth-order valence-corrected chi connectivity index (χ4v) is 7.52. The molecule has 0 aromatic heterocycles. The number of methoxy groups -OCH3 is 1. The van der Waals surface area contributed by atoms with E-state index >= 15 is 0 Å². The van der Waals surface area contributed by atoms with E-state index in [4.69, 9.17) is 4.74 Å². The Kier molecular flexibility index (Phi) is 10.9. The molecule has 1 saturated heterocycles. The smallest absolute Gasteiger partial charge is 0.337 e. The highest BCUT2D eigenvalue weighted by atomic mass is 16.5. The lowest BCUT2D eigenvalue weighted by molar-refractivity contribution is -0.133. The maximum Gasteiger partial charge on any atom is 0.337 e. The molecule has 6 rings (SSSR count). The van der Waals surface area contributed by atoms with E-state index in [1.165, 1.54) is 7.11 Å². The summed E-state index contributed by atoms with van der Waals surface area (Å²) in [5.41, 5.74) is 5.31. The van der Waals surface area contributed by atoms with Crippen LogP contribution in [0.5, 0.6) is 0 Å². The summed E-state index contributed by atoms with van der Waals surface area (Å²) in [5.74, 6) is -1.61. The van der Waals surface area contributed by atoms with Crippen molar-refractivity contribution in [3.8, 4) is 0 Å². The molecule has 0 radical (unpaired) electrons. The van der Waals surface area contributed by atoms with Gasteiger partial charge in [0.1, 0.15) is 0 Å². The van der Waals surface area contributed by atoms with E-state index in [2.05, 4.69) is 5.32 Å². The third-order valence-electron chi connectivity index (χ3n) is 9.94. The van der Waals surface area contributed by atoms with Gasteiger partial charge in [0.15, 0.2) is 0 Å². The number of likely N-dealkylation sites (tertiary alicyclic amines) is 1. The van der Waals surface area contributed by atoms with Crippen LogP contribution in [-0.2, 0) is 40.0 Å². The lowest BCUT2D eigenvalue weighted by Crippen LogP contribution is -2.43. The molecule has 1 fully saturated rings. The molecule has 8 nitrogen and oxygen atoms in total. The fraction of sp³-hybridized carbons (Fsp3) is 0.341. The first kappa shape index (κ1) is 34.1. The number of aliphatic hydroxyl groups is 2. The second-order valence-corrected chi connectivity index (χ2v) is 13.4. The summed E-state index contributed by atoms with van der Waals surface area (Å²) in [5, 5.41) is 25.5. The van der Waals surface area contributed by atoms with Gasteiger partial charge in [-0.3, -0.25) is 9.59 Å². The van der Waals surface area contributed by atoms with Gasteiger partial charge in [0.25, 0.3) is 0 Å². The summed E-state index contributed by atoms with van der Waals surface area (Å²) < 4.78 is 4.89. The Morgan fingerprint density at radius 2 is 1.55 bits per heavy atom. The first-order valence-corrected chi connectivity index (χ1v) is 17.1. The van der Waals surface area contributed by atoms with Gasteiger partial charge in [0, 0.05) is 30.8 Å². The number of hydrogen-bond donors (Lipinski definition) is 3. The van der Waals surface area contributed by atoms with E-state index in [0.717, 1.165) is 27.8 Å². The standard InChI is InChI=1S/C41H44N2O6/c1-49-41(48)31-17-10-15-29(20-31)21-33-23-34(22-28-13-6-3-7-14-28)43(40(33)47)26-35(44)24-32(19-27-11-4-2-5-12-27)39(46)42-38-36-18-9-8-16-30(36)25-37(38)45/h2-18,20,32-35,37-38,44-45H,19,21-26H2,1H3,(H,42,46)/t32-,33-,34-,35-,37+,38-/m0/s1. The number of nitrogens with one attached hydrogen (secondary N) is 1. The maximum absolute atomic E-state index is 14.0. The molecule has 3 N–H and O–H groups in total. The molecule has 2 aliphatic rings. The SMILES string of the molecule is COC(=O)c1cccc(C[C@H]2C[C@H](Cc3ccccc3)N(C[C@@H](O)C[C@H](Cc3ccccc3)C(=O)N[C@H]3c4ccccc4C[C@H]3O)C2=O)c1. The van der Waals surface area contributed by atoms with Crippen molar-refractivity contribution in [3.63, 3.8) is 0 Å². The van der Waals surface area contributed by atoms with Crippen molar-refractivity contribution in [1.82, 2.24) is 10.2 Å². The molecule has 0 bridgehead atoms. The lowest BCUT2D eigenvalue weighted by Gasteiger charge is -2.29. The van der Waals surface area contributed by atoms with E-state index < -0.39 is 30.1 Å². The van der Waals surface area contributed by atoms with Gasteiger partial charge in [-0.05, 0) is 72.1 Å². The number of ether oxygens (including phenoxy) is 1. The second kappa shape index (κ2) is 15.6. The Labute approximate surface area is 287 Å². The third kappa shape index (κ3) is 8.27. The topological polar surface area (TPSA) is 116 Å². The molecule has 4 aromatic rings. The Bertz CT molecular complexity index is 1750. The number of benzene rings is 4. The van der Waals surface area contributed by atoms with Gasteiger partial charge in [-0.25, -0.2) is 4.79 Å². The fourth-order valence-electron chi connectivity index (χ4n) is 7.52. The van der Waals surface area contributed by atoms with E-state index in [-0.39, 0.29) is 36.7 Å². The van der Waals surface area contributed by atoms with Crippen LogP contribution in [-0.4, -0.2) is 64.8 Å². The summed E-state index contributed by atoms with van der Waals surface area (Å²) in [7, 11) is 1.35. The Morgan fingerprint density at radius 1 is 0.878 bits per heavy atom. The van der Waals surface area contributed by atoms with Crippen LogP contribution in [0, 0.1) is 11.8 Å². The number of aliphatic hydroxyl groups excluding tert-OH is 2. The normalized spacial score (nSPS) is 21.2. The molecule has 0 saturated carbocycles. The highest BCUT2D eigenvalue weighted by Crippen LogP contribution is 2.33. The number of amides is 2. The van der Waals surface area contributed by atoms with Crippen molar-refractivity contribution < 1.29 is 29.3 Å². The van der Waals surface area contributed by atoms with Crippen LogP contribution in [0.4, 0.5) is 0 Å². The predicted octanol–water partition coefficient (Wildman–Crippen LogP) is 4.86. The van der Waals surface area contributed by atoms with Crippen molar-refractivity contribution >= 4 is 17.8 Å². The number of fused-ring (bicyclic) bond motifs is 1. The van der Waals surface area contributed by atoms with E-state index in [9.17, 15) is 24.6 Å². The quantitative estimate of drug-likeness (QED) is 0.177. The van der Waals surface area contributed by atoms with Crippen molar-refractivity contribution in [3.05, 3.63) is 143 Å². The molecule has 4 aromatic carbocycles. The minimum Gasteiger partial charge on any atom is -0.465 e. The van der Waals surface area contributed by atoms with Gasteiger partial charge in [-0.15, -0.1) is 0 Å². The van der Waals surface area contributed by atoms with Crippen LogP contribution in [0.15, 0.2) is 109 Å². The summed E-state index contributed by atoms with van der Waals surface area (Å²) >= 11 is 0. The van der Waals surface area contributed by atoms with Crippen molar-refractivity contribution in [1.29, 1.82) is 0 Å². The average molecular weight is 661 g/mol. The van der Waals surface area contributed by atoms with Crippen LogP contribution in [0.2, 0.25) is 0 Å². The van der Waals surface area contributed by atoms with E-state index in [1.54, 1.807) is 23.1 Å². The van der Waals surface area contributed by atoms with Crippen molar-refractivity contribution in [2.45, 2.75) is 62.8 Å². The first-order chi connectivity index (χ1) is 23.8. The molecule has 6 atom stereocenters. The van der Waals surface area contributed by atoms with Crippen LogP contribution < -0.4 is 5.32 Å². The van der Waals surface area contributed by atoms with Crippen molar-refractivity contribution in [2.24, 2.45) is 11.8 Å². The largest absolute Gasteiger partial charge is 0.465 e. The molecule has 49 heavy (non-hydrogen) atoms. The number of rotatable bonds is 13. The molecule has 0 unspecified atom stereocenters. The number of carbonyl (C=O) groups is 3. The van der Waals surface area contributed by atoms with Gasteiger partial charge in [0.05, 0.1) is 30.9 Å². The summed E-state index contributed by atoms with van der Waals surface area (Å²) in [4.78, 5) is 41.9. The molecular formula is C41H44N2O6. The van der Waals surface area contributed by atoms with Crippen LogP contribution >= 0.6 is 0 Å². The molecule has 1 aliphatic carbocycles. The highest BCUT2D eigenvalue weighted by Gasteiger charge is 2.41. The van der Waals surface area contributed by atoms with Crippen LogP contribution in [0.1, 0.15) is 57.1 Å². The Morgan fingerprint density at radius 3 is 2.29 bits per heavy atom. The molecule has 0 spiro atoms. The minimum atomic E-state index is -0.955. The summed E-state index contributed by atoms with van der Waals surface area (Å²) in [6.07, 6.45) is 1.07. The molecule has 254 valence electrons. The van der Waals surface area contributed by atoms with E-state index in [0.29, 0.717) is 37.7 Å². The second-order valence-electron chi connectivity index (χ2n) is 13.4. The van der Waals surface area contributed by atoms with Gasteiger partial charge >= 0.3 is 5.97 Å². The number of hydrogen-bond acceptors (Lipinski definition) is 6.